The Morgan fingerprint density at radius 1 is 1.21 bits per heavy atom. The lowest BCUT2D eigenvalue weighted by Crippen LogP contribution is -2.17. The number of aromatic nitrogens is 1. The van der Waals surface area contributed by atoms with Crippen LogP contribution in [-0.4, -0.2) is 18.2 Å². The van der Waals surface area contributed by atoms with Crippen molar-refractivity contribution >= 4 is 11.9 Å². The van der Waals surface area contributed by atoms with Crippen molar-refractivity contribution in [3.63, 3.8) is 0 Å². The molecule has 0 unspecified atom stereocenters. The van der Waals surface area contributed by atoms with E-state index < -0.39 is 11.9 Å². The predicted octanol–water partition coefficient (Wildman–Crippen LogP) is 2.84. The van der Waals surface area contributed by atoms with Crippen LogP contribution in [-0.2, 0) is 0 Å². The number of amides is 1. The Labute approximate surface area is 109 Å². The third-order valence-corrected chi connectivity index (χ3v) is 2.22. The minimum atomic E-state index is -0.715. The van der Waals surface area contributed by atoms with Crippen LogP contribution in [0.1, 0.15) is 0 Å². The van der Waals surface area contributed by atoms with E-state index in [-0.39, 0.29) is 5.75 Å². The molecule has 19 heavy (non-hydrogen) atoms. The fourth-order valence-electron chi connectivity index (χ4n) is 1.35. The summed E-state index contributed by atoms with van der Waals surface area (Å²) < 4.78 is 22.6. The molecule has 0 aliphatic carbocycles. The number of benzene rings is 1. The molecule has 0 radical (unpaired) electrons. The van der Waals surface area contributed by atoms with Crippen LogP contribution in [0, 0.1) is 5.82 Å². The number of hydrogen-bond acceptors (Lipinski definition) is 4. The number of nitrogens with zero attached hydrogens (tertiary/aromatic N) is 1. The maximum Gasteiger partial charge on any atom is 0.418 e. The summed E-state index contributed by atoms with van der Waals surface area (Å²) in [6, 6.07) is 8.31. The molecule has 1 heterocycles. The highest BCUT2D eigenvalue weighted by Crippen LogP contribution is 2.15. The van der Waals surface area contributed by atoms with Gasteiger partial charge in [-0.25, -0.2) is 14.2 Å². The zero-order chi connectivity index (χ0) is 13.7. The Kier molecular flexibility index (Phi) is 3.92. The van der Waals surface area contributed by atoms with Crippen molar-refractivity contribution in [3.05, 3.63) is 48.4 Å². The van der Waals surface area contributed by atoms with E-state index in [2.05, 4.69) is 10.3 Å². The molecule has 0 fully saturated rings. The number of methoxy groups -OCH3 is 1. The lowest BCUT2D eigenvalue weighted by molar-refractivity contribution is 0.215. The van der Waals surface area contributed by atoms with Gasteiger partial charge in [-0.3, -0.25) is 5.32 Å². The van der Waals surface area contributed by atoms with Gasteiger partial charge < -0.3 is 9.47 Å². The average molecular weight is 262 g/mol. The lowest BCUT2D eigenvalue weighted by Gasteiger charge is -2.06. The summed E-state index contributed by atoms with van der Waals surface area (Å²) in [6.07, 6.45) is 0.777. The van der Waals surface area contributed by atoms with Crippen LogP contribution in [0.2, 0.25) is 0 Å². The van der Waals surface area contributed by atoms with Gasteiger partial charge in [-0.15, -0.1) is 0 Å². The van der Waals surface area contributed by atoms with Crippen molar-refractivity contribution < 1.29 is 18.7 Å². The quantitative estimate of drug-likeness (QED) is 0.923. The fourth-order valence-corrected chi connectivity index (χ4v) is 1.35. The first-order valence-corrected chi connectivity index (χ1v) is 5.42. The molecule has 0 bridgehead atoms. The summed E-state index contributed by atoms with van der Waals surface area (Å²) in [5.74, 6) is 0.697. The Morgan fingerprint density at radius 2 is 1.95 bits per heavy atom. The zero-order valence-electron chi connectivity index (χ0n) is 10.1. The van der Waals surface area contributed by atoms with Gasteiger partial charge in [-0.05, 0) is 30.3 Å². The largest absolute Gasteiger partial charge is 0.497 e. The maximum absolute atomic E-state index is 12.7. The molecule has 0 atom stereocenters. The standard InChI is InChI=1S/C13H11FN2O3/c1-18-11-6-7-15-12(8-11)16-13(17)19-10-4-2-9(14)3-5-10/h2-8H,1H3,(H,15,16,17). The second-order valence-corrected chi connectivity index (χ2v) is 3.55. The first-order valence-electron chi connectivity index (χ1n) is 5.42. The topological polar surface area (TPSA) is 60.5 Å². The molecular weight excluding hydrogens is 251 g/mol. The number of anilines is 1. The van der Waals surface area contributed by atoms with Crippen LogP contribution >= 0.6 is 0 Å². The minimum absolute atomic E-state index is 0.238. The van der Waals surface area contributed by atoms with Crippen molar-refractivity contribution in [3.8, 4) is 11.5 Å². The minimum Gasteiger partial charge on any atom is -0.497 e. The molecule has 0 aliphatic heterocycles. The number of carbonyl (C=O) groups excluding carboxylic acids is 1. The first-order chi connectivity index (χ1) is 9.17. The van der Waals surface area contributed by atoms with E-state index in [1.165, 1.54) is 37.6 Å². The van der Waals surface area contributed by atoms with Crippen molar-refractivity contribution in [2.45, 2.75) is 0 Å². The molecule has 5 nitrogen and oxygen atoms in total. The zero-order valence-corrected chi connectivity index (χ0v) is 10.1. The number of ether oxygens (including phenoxy) is 2. The molecule has 0 spiro atoms. The van der Waals surface area contributed by atoms with Crippen LogP contribution in [0.5, 0.6) is 11.5 Å². The molecule has 2 rings (SSSR count). The number of carbonyl (C=O) groups is 1. The SMILES string of the molecule is COc1ccnc(NC(=O)Oc2ccc(F)cc2)c1. The van der Waals surface area contributed by atoms with E-state index in [1.807, 2.05) is 0 Å². The maximum atomic E-state index is 12.7. The first kappa shape index (κ1) is 12.8. The van der Waals surface area contributed by atoms with Crippen LogP contribution < -0.4 is 14.8 Å². The molecule has 0 saturated heterocycles. The van der Waals surface area contributed by atoms with Gasteiger partial charge in [-0.2, -0.15) is 0 Å². The van der Waals surface area contributed by atoms with Gasteiger partial charge in [0.15, 0.2) is 0 Å². The number of pyridine rings is 1. The predicted molar refractivity (Wildman–Crippen MR) is 66.8 cm³/mol. The lowest BCUT2D eigenvalue weighted by atomic mass is 10.3. The molecule has 0 saturated carbocycles. The van der Waals surface area contributed by atoms with E-state index in [4.69, 9.17) is 9.47 Å². The number of hydrogen-bond donors (Lipinski definition) is 1. The molecule has 1 aromatic heterocycles. The van der Waals surface area contributed by atoms with Gasteiger partial charge in [0.05, 0.1) is 7.11 Å². The van der Waals surface area contributed by atoms with Crippen molar-refractivity contribution in [2.75, 3.05) is 12.4 Å². The van der Waals surface area contributed by atoms with Crippen LogP contribution in [0.25, 0.3) is 0 Å². The highest BCUT2D eigenvalue weighted by Gasteiger charge is 2.06. The van der Waals surface area contributed by atoms with Crippen molar-refractivity contribution in [1.29, 1.82) is 0 Å². The van der Waals surface area contributed by atoms with Gasteiger partial charge in [0, 0.05) is 12.3 Å². The molecule has 1 aromatic carbocycles. The smallest absolute Gasteiger partial charge is 0.418 e. The summed E-state index contributed by atoms with van der Waals surface area (Å²) in [7, 11) is 1.51. The van der Waals surface area contributed by atoms with Gasteiger partial charge in [-0.1, -0.05) is 0 Å². The molecular formula is C13H11FN2O3. The second kappa shape index (κ2) is 5.81. The number of halogens is 1. The normalized spacial score (nSPS) is 9.79. The molecule has 2 aromatic rings. The van der Waals surface area contributed by atoms with E-state index in [9.17, 15) is 9.18 Å². The molecule has 1 N–H and O–H groups in total. The Balaban J connectivity index is 1.99. The van der Waals surface area contributed by atoms with Gasteiger partial charge in [0.1, 0.15) is 23.1 Å². The van der Waals surface area contributed by atoms with E-state index in [1.54, 1.807) is 12.1 Å². The highest BCUT2D eigenvalue weighted by molar-refractivity contribution is 5.85. The summed E-state index contributed by atoms with van der Waals surface area (Å²) in [5.41, 5.74) is 0. The number of rotatable bonds is 3. The summed E-state index contributed by atoms with van der Waals surface area (Å²) in [6.45, 7) is 0. The summed E-state index contributed by atoms with van der Waals surface area (Å²) >= 11 is 0. The van der Waals surface area contributed by atoms with Crippen LogP contribution in [0.4, 0.5) is 15.0 Å². The highest BCUT2D eigenvalue weighted by atomic mass is 19.1. The Bertz CT molecular complexity index is 572. The van der Waals surface area contributed by atoms with E-state index >= 15 is 0 Å². The summed E-state index contributed by atoms with van der Waals surface area (Å²) in [5, 5.41) is 2.43. The molecule has 0 aliphatic rings. The average Bonchev–Trinajstić information content (AvgIpc) is 2.41. The van der Waals surface area contributed by atoms with E-state index in [0.717, 1.165) is 0 Å². The third kappa shape index (κ3) is 3.67. The van der Waals surface area contributed by atoms with Crippen molar-refractivity contribution in [1.82, 2.24) is 4.98 Å². The van der Waals surface area contributed by atoms with Crippen molar-refractivity contribution in [2.24, 2.45) is 0 Å². The third-order valence-electron chi connectivity index (χ3n) is 2.22. The summed E-state index contributed by atoms with van der Waals surface area (Å²) in [4.78, 5) is 15.5. The molecule has 6 heteroatoms. The van der Waals surface area contributed by atoms with Crippen LogP contribution in [0.3, 0.4) is 0 Å². The van der Waals surface area contributed by atoms with E-state index in [0.29, 0.717) is 11.6 Å². The Morgan fingerprint density at radius 3 is 2.63 bits per heavy atom. The Hall–Kier alpha value is -2.63. The molecule has 1 amide bonds. The monoisotopic (exact) mass is 262 g/mol. The molecule has 98 valence electrons. The second-order valence-electron chi connectivity index (χ2n) is 3.55. The number of nitrogens with one attached hydrogen (secondary N) is 1. The van der Waals surface area contributed by atoms with Gasteiger partial charge >= 0.3 is 6.09 Å². The van der Waals surface area contributed by atoms with Gasteiger partial charge in [0.2, 0.25) is 0 Å². The fraction of sp³-hybridized carbons (Fsp3) is 0.0769. The van der Waals surface area contributed by atoms with Gasteiger partial charge in [0.25, 0.3) is 0 Å². The van der Waals surface area contributed by atoms with Crippen LogP contribution in [0.15, 0.2) is 42.6 Å².